The van der Waals surface area contributed by atoms with Crippen molar-refractivity contribution < 1.29 is 13.5 Å². The van der Waals surface area contributed by atoms with Crippen molar-refractivity contribution in [3.63, 3.8) is 0 Å². The summed E-state index contributed by atoms with van der Waals surface area (Å²) in [5.74, 6) is 0. The second-order valence-corrected chi connectivity index (χ2v) is 7.10. The summed E-state index contributed by atoms with van der Waals surface area (Å²) in [7, 11) is -3.62. The summed E-state index contributed by atoms with van der Waals surface area (Å²) in [5.41, 5.74) is 2.79. The van der Waals surface area contributed by atoms with Crippen molar-refractivity contribution in [2.45, 2.75) is 30.4 Å². The summed E-state index contributed by atoms with van der Waals surface area (Å²) in [6.45, 7) is 1.90. The van der Waals surface area contributed by atoms with Crippen molar-refractivity contribution in [1.29, 1.82) is 0 Å². The molecule has 0 radical (unpaired) electrons. The number of benzene rings is 2. The highest BCUT2D eigenvalue weighted by molar-refractivity contribution is 7.89. The van der Waals surface area contributed by atoms with E-state index in [0.717, 1.165) is 16.7 Å². The molecule has 2 aromatic carbocycles. The second-order valence-electron chi connectivity index (χ2n) is 5.39. The normalized spacial score (nSPS) is 21.2. The Kier molecular flexibility index (Phi) is 3.57. The third-order valence-corrected chi connectivity index (χ3v) is 5.34. The van der Waals surface area contributed by atoms with Crippen molar-refractivity contribution >= 4 is 10.0 Å². The van der Waals surface area contributed by atoms with Crippen LogP contribution in [0.1, 0.15) is 22.8 Å². The maximum absolute atomic E-state index is 12.4. The lowest BCUT2D eigenvalue weighted by Gasteiger charge is -2.17. The molecule has 21 heavy (non-hydrogen) atoms. The number of hydrogen-bond donors (Lipinski definition) is 2. The fourth-order valence-corrected chi connectivity index (χ4v) is 3.91. The van der Waals surface area contributed by atoms with Crippen molar-refractivity contribution in [1.82, 2.24) is 4.72 Å². The van der Waals surface area contributed by atoms with Gasteiger partial charge in [-0.2, -0.15) is 0 Å². The molecule has 0 bridgehead atoms. The van der Waals surface area contributed by atoms with Gasteiger partial charge in [-0.3, -0.25) is 0 Å². The largest absolute Gasteiger partial charge is 0.387 e. The Hall–Kier alpha value is -1.69. The molecule has 2 aromatic rings. The first-order valence-corrected chi connectivity index (χ1v) is 8.30. The van der Waals surface area contributed by atoms with Crippen LogP contribution in [-0.4, -0.2) is 19.6 Å². The number of fused-ring (bicyclic) bond motifs is 1. The van der Waals surface area contributed by atoms with Crippen LogP contribution in [-0.2, 0) is 16.4 Å². The molecule has 0 fully saturated rings. The standard InChI is InChI=1S/C16H17NO3S/c1-11-6-8-13(9-7-11)21(19,20)17-15-10-12-4-2-3-5-14(12)16(15)18/h2-9,15-18H,10H2,1H3/t15-,16-/m1/s1. The average molecular weight is 303 g/mol. The lowest BCUT2D eigenvalue weighted by atomic mass is 10.1. The number of hydrogen-bond acceptors (Lipinski definition) is 3. The maximum Gasteiger partial charge on any atom is 0.240 e. The molecule has 3 rings (SSSR count). The number of aliphatic hydroxyl groups is 1. The van der Waals surface area contributed by atoms with Gasteiger partial charge in [0.1, 0.15) is 0 Å². The van der Waals surface area contributed by atoms with E-state index in [1.165, 1.54) is 0 Å². The molecule has 0 saturated heterocycles. The first-order chi connectivity index (χ1) is 9.97. The Labute approximate surface area is 124 Å². The van der Waals surface area contributed by atoms with Gasteiger partial charge in [-0.05, 0) is 36.6 Å². The van der Waals surface area contributed by atoms with E-state index in [-0.39, 0.29) is 4.90 Å². The van der Waals surface area contributed by atoms with E-state index < -0.39 is 22.2 Å². The molecule has 5 heteroatoms. The number of sulfonamides is 1. The van der Waals surface area contributed by atoms with Crippen molar-refractivity contribution in [3.05, 3.63) is 65.2 Å². The van der Waals surface area contributed by atoms with Gasteiger partial charge in [0.15, 0.2) is 0 Å². The van der Waals surface area contributed by atoms with Crippen LogP contribution < -0.4 is 4.72 Å². The molecule has 110 valence electrons. The highest BCUT2D eigenvalue weighted by Crippen LogP contribution is 2.31. The molecule has 0 aromatic heterocycles. The van der Waals surface area contributed by atoms with Gasteiger partial charge in [-0.1, -0.05) is 42.0 Å². The van der Waals surface area contributed by atoms with E-state index in [2.05, 4.69) is 4.72 Å². The molecule has 0 unspecified atom stereocenters. The summed E-state index contributed by atoms with van der Waals surface area (Å²) in [5, 5.41) is 10.3. The van der Waals surface area contributed by atoms with Crippen LogP contribution in [0, 0.1) is 6.92 Å². The van der Waals surface area contributed by atoms with Gasteiger partial charge >= 0.3 is 0 Å². The van der Waals surface area contributed by atoms with Crippen LogP contribution in [0.3, 0.4) is 0 Å². The zero-order valence-corrected chi connectivity index (χ0v) is 12.5. The SMILES string of the molecule is Cc1ccc(S(=O)(=O)N[C@@H]2Cc3ccccc3[C@H]2O)cc1. The zero-order chi connectivity index (χ0) is 15.0. The monoisotopic (exact) mass is 303 g/mol. The van der Waals surface area contributed by atoms with Crippen LogP contribution in [0.5, 0.6) is 0 Å². The van der Waals surface area contributed by atoms with Gasteiger partial charge in [0.2, 0.25) is 10.0 Å². The second kappa shape index (κ2) is 5.26. The van der Waals surface area contributed by atoms with Crippen molar-refractivity contribution in [3.8, 4) is 0 Å². The molecule has 2 N–H and O–H groups in total. The summed E-state index contributed by atoms with van der Waals surface area (Å²) < 4.78 is 27.4. The Morgan fingerprint density at radius 2 is 1.76 bits per heavy atom. The van der Waals surface area contributed by atoms with Crippen molar-refractivity contribution in [2.24, 2.45) is 0 Å². The fraction of sp³-hybridized carbons (Fsp3) is 0.250. The van der Waals surface area contributed by atoms with Gasteiger partial charge < -0.3 is 5.11 Å². The van der Waals surface area contributed by atoms with Gasteiger partial charge in [0.25, 0.3) is 0 Å². The van der Waals surface area contributed by atoms with Crippen LogP contribution >= 0.6 is 0 Å². The van der Waals surface area contributed by atoms with E-state index >= 15 is 0 Å². The highest BCUT2D eigenvalue weighted by Gasteiger charge is 2.33. The minimum atomic E-state index is -3.62. The summed E-state index contributed by atoms with van der Waals surface area (Å²) in [6, 6.07) is 13.6. The molecular formula is C16H17NO3S. The van der Waals surface area contributed by atoms with Crippen LogP contribution in [0.15, 0.2) is 53.4 Å². The summed E-state index contributed by atoms with van der Waals surface area (Å²) in [6.07, 6.45) is -0.302. The predicted octanol–water partition coefficient (Wildman–Crippen LogP) is 1.93. The molecule has 0 saturated carbocycles. The molecule has 2 atom stereocenters. The van der Waals surface area contributed by atoms with Gasteiger partial charge in [0.05, 0.1) is 17.0 Å². The minimum Gasteiger partial charge on any atom is -0.387 e. The molecule has 4 nitrogen and oxygen atoms in total. The zero-order valence-electron chi connectivity index (χ0n) is 11.7. The van der Waals surface area contributed by atoms with E-state index in [1.54, 1.807) is 24.3 Å². The average Bonchev–Trinajstić information content (AvgIpc) is 2.76. The van der Waals surface area contributed by atoms with Gasteiger partial charge in [0, 0.05) is 0 Å². The van der Waals surface area contributed by atoms with Crippen LogP contribution in [0.4, 0.5) is 0 Å². The Balaban J connectivity index is 1.83. The third kappa shape index (κ3) is 2.72. The number of rotatable bonds is 3. The van der Waals surface area contributed by atoms with E-state index in [1.807, 2.05) is 31.2 Å². The summed E-state index contributed by atoms with van der Waals surface area (Å²) >= 11 is 0. The molecule has 0 aliphatic heterocycles. The summed E-state index contributed by atoms with van der Waals surface area (Å²) in [4.78, 5) is 0.219. The Morgan fingerprint density at radius 3 is 2.43 bits per heavy atom. The molecule has 0 amide bonds. The first kappa shape index (κ1) is 14.3. The molecule has 1 aliphatic carbocycles. The number of aryl methyl sites for hydroxylation is 1. The predicted molar refractivity (Wildman–Crippen MR) is 80.4 cm³/mol. The maximum atomic E-state index is 12.4. The minimum absolute atomic E-state index is 0.219. The lowest BCUT2D eigenvalue weighted by molar-refractivity contribution is 0.152. The Morgan fingerprint density at radius 1 is 1.10 bits per heavy atom. The quantitative estimate of drug-likeness (QED) is 0.910. The van der Waals surface area contributed by atoms with E-state index in [4.69, 9.17) is 0 Å². The van der Waals surface area contributed by atoms with Gasteiger partial charge in [-0.25, -0.2) is 13.1 Å². The lowest BCUT2D eigenvalue weighted by Crippen LogP contribution is -2.37. The third-order valence-electron chi connectivity index (χ3n) is 3.83. The van der Waals surface area contributed by atoms with Gasteiger partial charge in [-0.15, -0.1) is 0 Å². The smallest absolute Gasteiger partial charge is 0.240 e. The fourth-order valence-electron chi connectivity index (χ4n) is 2.66. The Bertz CT molecular complexity index is 753. The molecule has 0 heterocycles. The van der Waals surface area contributed by atoms with Crippen LogP contribution in [0.2, 0.25) is 0 Å². The number of nitrogens with one attached hydrogen (secondary N) is 1. The molecule has 0 spiro atoms. The first-order valence-electron chi connectivity index (χ1n) is 6.82. The van der Waals surface area contributed by atoms with Crippen LogP contribution in [0.25, 0.3) is 0 Å². The topological polar surface area (TPSA) is 66.4 Å². The molecule has 1 aliphatic rings. The highest BCUT2D eigenvalue weighted by atomic mass is 32.2. The molecular weight excluding hydrogens is 286 g/mol. The van der Waals surface area contributed by atoms with E-state index in [9.17, 15) is 13.5 Å². The van der Waals surface area contributed by atoms with Crippen molar-refractivity contribution in [2.75, 3.05) is 0 Å². The van der Waals surface area contributed by atoms with E-state index in [0.29, 0.717) is 6.42 Å². The number of aliphatic hydroxyl groups excluding tert-OH is 1.